The van der Waals surface area contributed by atoms with Crippen LogP contribution >= 0.6 is 0 Å². The molecule has 0 saturated heterocycles. The molecule has 1 N–H and O–H groups in total. The van der Waals surface area contributed by atoms with Gasteiger partial charge in [-0.15, -0.1) is 0 Å². The molecule has 0 aliphatic rings. The number of anilines is 1. The van der Waals surface area contributed by atoms with Crippen LogP contribution < -0.4 is 4.90 Å². The number of amides is 1. The normalized spacial score (nSPS) is 11.9. The molecule has 0 radical (unpaired) electrons. The second-order valence-corrected chi connectivity index (χ2v) is 4.92. The van der Waals surface area contributed by atoms with Crippen molar-refractivity contribution in [2.24, 2.45) is 0 Å². The number of aliphatic hydroxyl groups excluding tert-OH is 1. The van der Waals surface area contributed by atoms with Gasteiger partial charge in [-0.3, -0.25) is 4.79 Å². The maximum absolute atomic E-state index is 12.2. The number of benzene rings is 2. The van der Waals surface area contributed by atoms with Gasteiger partial charge in [-0.05, 0) is 24.6 Å². The van der Waals surface area contributed by atoms with Gasteiger partial charge in [0.05, 0.1) is 12.5 Å². The molecule has 0 bridgehead atoms. The second kappa shape index (κ2) is 6.35. The zero-order chi connectivity index (χ0) is 14.5. The molecule has 3 nitrogen and oxygen atoms in total. The van der Waals surface area contributed by atoms with E-state index in [-0.39, 0.29) is 12.3 Å². The molecule has 0 aromatic heterocycles. The maximum Gasteiger partial charge on any atom is 0.229 e. The summed E-state index contributed by atoms with van der Waals surface area (Å²) >= 11 is 0. The first-order chi connectivity index (χ1) is 9.58. The topological polar surface area (TPSA) is 40.5 Å². The van der Waals surface area contributed by atoms with Gasteiger partial charge in [0.25, 0.3) is 0 Å². The number of aryl methyl sites for hydroxylation is 1. The summed E-state index contributed by atoms with van der Waals surface area (Å²) in [5.41, 5.74) is 2.75. The molecule has 2 aromatic carbocycles. The molecule has 2 rings (SSSR count). The van der Waals surface area contributed by atoms with Crippen molar-refractivity contribution >= 4 is 11.6 Å². The van der Waals surface area contributed by atoms with E-state index in [0.29, 0.717) is 0 Å². The monoisotopic (exact) mass is 269 g/mol. The van der Waals surface area contributed by atoms with E-state index in [2.05, 4.69) is 0 Å². The Bertz CT molecular complexity index is 563. The van der Waals surface area contributed by atoms with Gasteiger partial charge in [0.1, 0.15) is 0 Å². The molecule has 0 fully saturated rings. The van der Waals surface area contributed by atoms with Crippen molar-refractivity contribution in [3.05, 3.63) is 65.7 Å². The lowest BCUT2D eigenvalue weighted by atomic mass is 10.1. The van der Waals surface area contributed by atoms with Crippen LogP contribution in [0.1, 0.15) is 23.7 Å². The molecule has 0 aliphatic heterocycles. The summed E-state index contributed by atoms with van der Waals surface area (Å²) < 4.78 is 0. The zero-order valence-corrected chi connectivity index (χ0v) is 11.8. The first-order valence-corrected chi connectivity index (χ1v) is 6.64. The Labute approximate surface area is 119 Å². The number of rotatable bonds is 4. The molecular formula is C17H19NO2. The van der Waals surface area contributed by atoms with Crippen LogP contribution in [0.3, 0.4) is 0 Å². The van der Waals surface area contributed by atoms with Gasteiger partial charge in [0, 0.05) is 12.7 Å². The van der Waals surface area contributed by atoms with Crippen molar-refractivity contribution in [2.45, 2.75) is 19.4 Å². The van der Waals surface area contributed by atoms with E-state index in [0.717, 1.165) is 16.8 Å². The Kier molecular flexibility index (Phi) is 4.53. The van der Waals surface area contributed by atoms with E-state index in [9.17, 15) is 9.90 Å². The minimum atomic E-state index is -0.767. The number of hydrogen-bond acceptors (Lipinski definition) is 2. The molecule has 1 unspecified atom stereocenters. The largest absolute Gasteiger partial charge is 0.388 e. The molecule has 1 atom stereocenters. The predicted molar refractivity (Wildman–Crippen MR) is 80.6 cm³/mol. The third-order valence-electron chi connectivity index (χ3n) is 3.35. The molecule has 20 heavy (non-hydrogen) atoms. The number of carbonyl (C=O) groups is 1. The summed E-state index contributed by atoms with van der Waals surface area (Å²) in [7, 11) is 1.73. The highest BCUT2D eigenvalue weighted by atomic mass is 16.3. The van der Waals surface area contributed by atoms with E-state index in [4.69, 9.17) is 0 Å². The quantitative estimate of drug-likeness (QED) is 0.926. The molecule has 0 saturated carbocycles. The lowest BCUT2D eigenvalue weighted by Gasteiger charge is -2.19. The SMILES string of the molecule is Cc1ccc(N(C)C(=O)CC(O)c2ccccc2)cc1. The highest BCUT2D eigenvalue weighted by Gasteiger charge is 2.17. The van der Waals surface area contributed by atoms with Gasteiger partial charge in [-0.2, -0.15) is 0 Å². The third-order valence-corrected chi connectivity index (χ3v) is 3.35. The van der Waals surface area contributed by atoms with Crippen molar-refractivity contribution < 1.29 is 9.90 Å². The van der Waals surface area contributed by atoms with Crippen molar-refractivity contribution in [2.75, 3.05) is 11.9 Å². The van der Waals surface area contributed by atoms with Gasteiger partial charge in [-0.1, -0.05) is 48.0 Å². The van der Waals surface area contributed by atoms with Crippen molar-refractivity contribution in [3.63, 3.8) is 0 Å². The third kappa shape index (κ3) is 3.45. The molecule has 104 valence electrons. The van der Waals surface area contributed by atoms with Crippen molar-refractivity contribution in [1.29, 1.82) is 0 Å². The van der Waals surface area contributed by atoms with Crippen LogP contribution in [0.2, 0.25) is 0 Å². The molecule has 0 heterocycles. The van der Waals surface area contributed by atoms with Crippen LogP contribution in [0, 0.1) is 6.92 Å². The maximum atomic E-state index is 12.2. The lowest BCUT2D eigenvalue weighted by Crippen LogP contribution is -2.27. The van der Waals surface area contributed by atoms with Crippen molar-refractivity contribution in [3.8, 4) is 0 Å². The smallest absolute Gasteiger partial charge is 0.229 e. The van der Waals surface area contributed by atoms with E-state index >= 15 is 0 Å². The minimum Gasteiger partial charge on any atom is -0.388 e. The standard InChI is InChI=1S/C17H19NO2/c1-13-8-10-15(11-9-13)18(2)17(20)12-16(19)14-6-4-3-5-7-14/h3-11,16,19H,12H2,1-2H3. The molecule has 0 aliphatic carbocycles. The van der Waals surface area contributed by atoms with Crippen LogP contribution in [0.15, 0.2) is 54.6 Å². The van der Waals surface area contributed by atoms with Crippen LogP contribution in [0.4, 0.5) is 5.69 Å². The fourth-order valence-corrected chi connectivity index (χ4v) is 2.01. The van der Waals surface area contributed by atoms with E-state index in [1.807, 2.05) is 61.5 Å². The lowest BCUT2D eigenvalue weighted by molar-refractivity contribution is -0.120. The average Bonchev–Trinajstić information content (AvgIpc) is 2.48. The summed E-state index contributed by atoms with van der Waals surface area (Å²) in [5, 5.41) is 10.1. The van der Waals surface area contributed by atoms with Gasteiger partial charge in [-0.25, -0.2) is 0 Å². The van der Waals surface area contributed by atoms with Gasteiger partial charge >= 0.3 is 0 Å². The van der Waals surface area contributed by atoms with E-state index in [1.165, 1.54) is 0 Å². The van der Waals surface area contributed by atoms with Gasteiger partial charge in [0.15, 0.2) is 0 Å². The molecule has 0 spiro atoms. The Morgan fingerprint density at radius 3 is 2.30 bits per heavy atom. The Hall–Kier alpha value is -2.13. The molecule has 3 heteroatoms. The predicted octanol–water partition coefficient (Wildman–Crippen LogP) is 3.08. The molecule has 2 aromatic rings. The van der Waals surface area contributed by atoms with Gasteiger partial charge in [0.2, 0.25) is 5.91 Å². The highest BCUT2D eigenvalue weighted by Crippen LogP contribution is 2.20. The van der Waals surface area contributed by atoms with Crippen LogP contribution in [0.5, 0.6) is 0 Å². The second-order valence-electron chi connectivity index (χ2n) is 4.92. The number of hydrogen-bond donors (Lipinski definition) is 1. The fourth-order valence-electron chi connectivity index (χ4n) is 2.01. The molecular weight excluding hydrogens is 250 g/mol. The summed E-state index contributed by atoms with van der Waals surface area (Å²) in [6.07, 6.45) is -0.689. The first kappa shape index (κ1) is 14.3. The van der Waals surface area contributed by atoms with Crippen LogP contribution in [-0.2, 0) is 4.79 Å². The van der Waals surface area contributed by atoms with Crippen LogP contribution in [-0.4, -0.2) is 18.1 Å². The first-order valence-electron chi connectivity index (χ1n) is 6.64. The minimum absolute atomic E-state index is 0.0778. The van der Waals surface area contributed by atoms with E-state index in [1.54, 1.807) is 11.9 Å². The number of nitrogens with zero attached hydrogens (tertiary/aromatic N) is 1. The van der Waals surface area contributed by atoms with Crippen LogP contribution in [0.25, 0.3) is 0 Å². The Morgan fingerprint density at radius 1 is 1.10 bits per heavy atom. The average molecular weight is 269 g/mol. The van der Waals surface area contributed by atoms with Crippen molar-refractivity contribution in [1.82, 2.24) is 0 Å². The highest BCUT2D eigenvalue weighted by molar-refractivity contribution is 5.93. The number of aliphatic hydroxyl groups is 1. The fraction of sp³-hybridized carbons (Fsp3) is 0.235. The molecule has 1 amide bonds. The summed E-state index contributed by atoms with van der Waals surface area (Å²) in [6, 6.07) is 17.0. The van der Waals surface area contributed by atoms with E-state index < -0.39 is 6.10 Å². The zero-order valence-electron chi connectivity index (χ0n) is 11.8. The Balaban J connectivity index is 2.02. The summed E-state index contributed by atoms with van der Waals surface area (Å²) in [6.45, 7) is 2.00. The number of carbonyl (C=O) groups excluding carboxylic acids is 1. The summed E-state index contributed by atoms with van der Waals surface area (Å²) in [4.78, 5) is 13.8. The Morgan fingerprint density at radius 2 is 1.70 bits per heavy atom. The van der Waals surface area contributed by atoms with Gasteiger partial charge < -0.3 is 10.0 Å². The summed E-state index contributed by atoms with van der Waals surface area (Å²) in [5.74, 6) is -0.106.